The van der Waals surface area contributed by atoms with Crippen molar-refractivity contribution < 1.29 is 17.6 Å². The molecule has 0 aliphatic rings. The fraction of sp³-hybridized carbons (Fsp3) is 0.455. The summed E-state index contributed by atoms with van der Waals surface area (Å²) in [5.74, 6) is 0.181. The van der Waals surface area contributed by atoms with E-state index in [1.165, 1.54) is 0 Å². The summed E-state index contributed by atoms with van der Waals surface area (Å²) in [5, 5.41) is 5.37. The molecule has 0 radical (unpaired) electrons. The number of hydrogen-bond donors (Lipinski definition) is 1. The lowest BCUT2D eigenvalue weighted by Crippen LogP contribution is -2.45. The number of sulfonamides is 1. The van der Waals surface area contributed by atoms with Crippen LogP contribution in [0.4, 0.5) is 0 Å². The van der Waals surface area contributed by atoms with Crippen LogP contribution in [0.5, 0.6) is 5.75 Å². The first-order chi connectivity index (χ1) is 13.6. The second-order valence-electron chi connectivity index (χ2n) is 9.18. The Balaban J connectivity index is 2.36. The SMILES string of the molecule is CC(Br)(O[Si](C)(C)C(C)(C)C)c1ccc(OCc2ccccc2)c(CS(N)(=O)=O)c1. The Labute approximate surface area is 190 Å². The predicted molar refractivity (Wildman–Crippen MR) is 129 cm³/mol. The number of benzene rings is 2. The molecule has 0 fully saturated rings. The first-order valence-corrected chi connectivity index (χ1v) is 15.2. The van der Waals surface area contributed by atoms with Gasteiger partial charge in [0, 0.05) is 5.56 Å². The van der Waals surface area contributed by atoms with Gasteiger partial charge < -0.3 is 9.16 Å². The molecule has 0 saturated carbocycles. The first-order valence-electron chi connectivity index (χ1n) is 9.80. The van der Waals surface area contributed by atoms with E-state index < -0.39 is 22.9 Å². The van der Waals surface area contributed by atoms with Gasteiger partial charge in [-0.1, -0.05) is 73.1 Å². The third-order valence-electron chi connectivity index (χ3n) is 5.42. The molecule has 0 heterocycles. The Morgan fingerprint density at radius 3 is 2.17 bits per heavy atom. The third kappa shape index (κ3) is 6.92. The highest BCUT2D eigenvalue weighted by Gasteiger charge is 2.43. The zero-order chi connectivity index (χ0) is 22.8. The van der Waals surface area contributed by atoms with E-state index in [1.54, 1.807) is 12.1 Å². The zero-order valence-corrected chi connectivity index (χ0v) is 21.9. The maximum atomic E-state index is 11.8. The van der Waals surface area contributed by atoms with Crippen LogP contribution in [0.15, 0.2) is 48.5 Å². The monoisotopic (exact) mass is 513 g/mol. The van der Waals surface area contributed by atoms with Crippen LogP contribution in [-0.2, 0) is 31.3 Å². The Morgan fingerprint density at radius 2 is 1.63 bits per heavy atom. The topological polar surface area (TPSA) is 78.6 Å². The molecule has 0 aliphatic heterocycles. The number of hydrogen-bond acceptors (Lipinski definition) is 4. The molecule has 0 aromatic heterocycles. The summed E-state index contributed by atoms with van der Waals surface area (Å²) in [5.41, 5.74) is 2.32. The molecular weight excluding hydrogens is 482 g/mol. The highest BCUT2D eigenvalue weighted by Crippen LogP contribution is 2.45. The van der Waals surface area contributed by atoms with Crippen molar-refractivity contribution in [2.75, 3.05) is 0 Å². The molecule has 0 aliphatic carbocycles. The van der Waals surface area contributed by atoms with E-state index in [9.17, 15) is 8.42 Å². The lowest BCUT2D eigenvalue weighted by Gasteiger charge is -2.42. The second-order valence-corrected chi connectivity index (χ2v) is 17.0. The van der Waals surface area contributed by atoms with E-state index in [1.807, 2.05) is 43.3 Å². The third-order valence-corrected chi connectivity index (χ3v) is 11.6. The van der Waals surface area contributed by atoms with Crippen LogP contribution in [0, 0.1) is 0 Å². The van der Waals surface area contributed by atoms with Crippen LogP contribution in [0.25, 0.3) is 0 Å². The Morgan fingerprint density at radius 1 is 1.03 bits per heavy atom. The number of primary sulfonamides is 1. The van der Waals surface area contributed by atoms with Crippen LogP contribution < -0.4 is 9.88 Å². The van der Waals surface area contributed by atoms with Crippen molar-refractivity contribution in [2.24, 2.45) is 5.14 Å². The van der Waals surface area contributed by atoms with E-state index in [-0.39, 0.29) is 10.8 Å². The number of rotatable bonds is 8. The quantitative estimate of drug-likeness (QED) is 0.365. The van der Waals surface area contributed by atoms with Gasteiger partial charge in [0.05, 0.1) is 5.75 Å². The minimum Gasteiger partial charge on any atom is -0.489 e. The smallest absolute Gasteiger partial charge is 0.213 e. The molecular formula is C22H32BrNO4SSi. The standard InChI is InChI=1S/C22H32BrNO4SSi/c1-21(2,3)30(5,6)28-22(4,23)19-12-13-20(18(14-19)16-29(24,25)26)27-15-17-10-8-7-9-11-17/h7-14H,15-16H2,1-6H3,(H2,24,25,26). The van der Waals surface area contributed by atoms with Crippen LogP contribution in [-0.4, -0.2) is 16.7 Å². The van der Waals surface area contributed by atoms with Gasteiger partial charge in [-0.05, 0) is 48.3 Å². The highest BCUT2D eigenvalue weighted by atomic mass is 79.9. The van der Waals surface area contributed by atoms with E-state index in [2.05, 4.69) is 49.8 Å². The summed E-state index contributed by atoms with van der Waals surface area (Å²) in [6.07, 6.45) is 0. The second kappa shape index (κ2) is 9.12. The molecule has 1 unspecified atom stereocenters. The number of ether oxygens (including phenoxy) is 1. The fourth-order valence-electron chi connectivity index (χ4n) is 2.75. The Bertz CT molecular complexity index is 970. The van der Waals surface area contributed by atoms with Gasteiger partial charge in [-0.2, -0.15) is 0 Å². The minimum absolute atomic E-state index is 0.0319. The van der Waals surface area contributed by atoms with Crippen LogP contribution in [0.3, 0.4) is 0 Å². The molecule has 2 aromatic rings. The lowest BCUT2D eigenvalue weighted by molar-refractivity contribution is 0.173. The van der Waals surface area contributed by atoms with Gasteiger partial charge in [0.1, 0.15) is 16.9 Å². The Kier molecular flexibility index (Phi) is 7.62. The largest absolute Gasteiger partial charge is 0.489 e. The average molecular weight is 515 g/mol. The summed E-state index contributed by atoms with van der Waals surface area (Å²) in [6, 6.07) is 15.2. The van der Waals surface area contributed by atoms with Crippen LogP contribution in [0.1, 0.15) is 44.4 Å². The molecule has 0 amide bonds. The summed E-state index contributed by atoms with van der Waals surface area (Å²) in [4.78, 5) is 0. The molecule has 0 bridgehead atoms. The van der Waals surface area contributed by atoms with Gasteiger partial charge in [0.2, 0.25) is 10.0 Å². The molecule has 0 saturated heterocycles. The summed E-state index contributed by atoms with van der Waals surface area (Å²) < 4.78 is 35.4. The van der Waals surface area contributed by atoms with Gasteiger partial charge in [-0.15, -0.1) is 0 Å². The van der Waals surface area contributed by atoms with E-state index in [0.717, 1.165) is 11.1 Å². The molecule has 2 aromatic carbocycles. The predicted octanol–water partition coefficient (Wildman–Crippen LogP) is 5.64. The van der Waals surface area contributed by atoms with E-state index >= 15 is 0 Å². The maximum absolute atomic E-state index is 11.8. The molecule has 2 N–H and O–H groups in total. The number of nitrogens with two attached hydrogens (primary N) is 1. The number of alkyl halides is 1. The molecule has 1 atom stereocenters. The maximum Gasteiger partial charge on any atom is 0.213 e. The zero-order valence-electron chi connectivity index (χ0n) is 18.5. The van der Waals surface area contributed by atoms with Crippen molar-refractivity contribution in [3.8, 4) is 5.75 Å². The average Bonchev–Trinajstić information content (AvgIpc) is 2.58. The normalized spacial score (nSPS) is 14.9. The Hall–Kier alpha value is -1.19. The minimum atomic E-state index is -3.73. The molecule has 166 valence electrons. The van der Waals surface area contributed by atoms with Gasteiger partial charge >= 0.3 is 0 Å². The van der Waals surface area contributed by atoms with Gasteiger partial charge in [-0.3, -0.25) is 0 Å². The highest BCUT2D eigenvalue weighted by molar-refractivity contribution is 9.09. The van der Waals surface area contributed by atoms with Gasteiger partial charge in [0.15, 0.2) is 8.32 Å². The molecule has 0 spiro atoms. The van der Waals surface area contributed by atoms with Crippen molar-refractivity contribution >= 4 is 34.3 Å². The van der Waals surface area contributed by atoms with Crippen LogP contribution in [0.2, 0.25) is 18.1 Å². The fourth-order valence-corrected chi connectivity index (χ4v) is 6.26. The molecule has 2 rings (SSSR count). The van der Waals surface area contributed by atoms with E-state index in [4.69, 9.17) is 14.3 Å². The van der Waals surface area contributed by atoms with Crippen molar-refractivity contribution in [3.05, 3.63) is 65.2 Å². The summed E-state index contributed by atoms with van der Waals surface area (Å²) in [7, 11) is -5.81. The van der Waals surface area contributed by atoms with Crippen molar-refractivity contribution in [1.29, 1.82) is 0 Å². The van der Waals surface area contributed by atoms with Crippen LogP contribution >= 0.6 is 15.9 Å². The summed E-state index contributed by atoms with van der Waals surface area (Å²) in [6.45, 7) is 13.2. The summed E-state index contributed by atoms with van der Waals surface area (Å²) >= 11 is 3.72. The molecule has 5 nitrogen and oxygen atoms in total. The lowest BCUT2D eigenvalue weighted by atomic mass is 10.1. The first kappa shape index (κ1) is 25.1. The van der Waals surface area contributed by atoms with Gasteiger partial charge in [0.25, 0.3) is 0 Å². The van der Waals surface area contributed by atoms with Gasteiger partial charge in [-0.25, -0.2) is 13.6 Å². The van der Waals surface area contributed by atoms with Crippen molar-refractivity contribution in [3.63, 3.8) is 0 Å². The van der Waals surface area contributed by atoms with Crippen molar-refractivity contribution in [2.45, 2.75) is 62.7 Å². The molecule has 30 heavy (non-hydrogen) atoms. The number of halogens is 1. The van der Waals surface area contributed by atoms with E-state index in [0.29, 0.717) is 17.9 Å². The van der Waals surface area contributed by atoms with Crippen molar-refractivity contribution in [1.82, 2.24) is 0 Å². The molecule has 8 heteroatoms.